The number of nitrogens with zero attached hydrogens (tertiary/aromatic N) is 4. The molecule has 0 unspecified atom stereocenters. The van der Waals surface area contributed by atoms with Crippen LogP contribution in [0.5, 0.6) is 5.75 Å². The first-order valence-electron chi connectivity index (χ1n) is 17.5. The van der Waals surface area contributed by atoms with Crippen LogP contribution >= 0.6 is 0 Å². The molecule has 3 fully saturated rings. The Hall–Kier alpha value is -5.10. The molecule has 1 aliphatic carbocycles. The number of fused-ring (bicyclic) bond motifs is 1. The van der Waals surface area contributed by atoms with Gasteiger partial charge in [-0.25, -0.2) is 19.1 Å². The van der Waals surface area contributed by atoms with Crippen LogP contribution in [0.2, 0.25) is 0 Å². The summed E-state index contributed by atoms with van der Waals surface area (Å²) in [6, 6.07) is 21.9. The Morgan fingerprint density at radius 2 is 1.80 bits per heavy atom. The minimum absolute atomic E-state index is 0.0141. The van der Waals surface area contributed by atoms with Gasteiger partial charge < -0.3 is 19.6 Å². The van der Waals surface area contributed by atoms with E-state index in [1.807, 2.05) is 54.6 Å². The predicted molar refractivity (Wildman–Crippen MR) is 195 cm³/mol. The monoisotopic (exact) mass is 691 g/mol. The summed E-state index contributed by atoms with van der Waals surface area (Å²) in [5, 5.41) is 15.0. The number of amides is 3. The third-order valence-electron chi connectivity index (χ3n) is 9.83. The van der Waals surface area contributed by atoms with E-state index in [1.165, 1.54) is 16.7 Å². The Kier molecular flexibility index (Phi) is 10.1. The third kappa shape index (κ3) is 7.51. The molecular formula is C40H42FN5O5. The zero-order valence-electron chi connectivity index (χ0n) is 28.7. The van der Waals surface area contributed by atoms with Gasteiger partial charge in [0.1, 0.15) is 22.9 Å². The predicted octanol–water partition coefficient (Wildman–Crippen LogP) is 7.29. The number of aromatic hydroxyl groups is 1. The van der Waals surface area contributed by atoms with E-state index in [0.29, 0.717) is 44.8 Å². The molecule has 51 heavy (non-hydrogen) atoms. The van der Waals surface area contributed by atoms with Crippen molar-refractivity contribution in [2.75, 3.05) is 31.2 Å². The SMILES string of the molecule is C=C1C(=O)N(C2CCC(NCc3cc4ccccc4o3)CC2)C(=O)N(c2cccc(-c3ccc(O)cc3CN3CCOCC3)c2)C1=N/C=C(\C)F. The number of morpholine rings is 1. The Bertz CT molecular complexity index is 1970. The maximum atomic E-state index is 14.5. The fraction of sp³-hybridized carbons (Fsp3) is 0.325. The van der Waals surface area contributed by atoms with E-state index >= 15 is 0 Å². The number of nitrogens with one attached hydrogen (secondary N) is 1. The molecule has 1 aromatic heterocycles. The molecule has 2 saturated heterocycles. The Morgan fingerprint density at radius 1 is 1.02 bits per heavy atom. The molecule has 0 atom stereocenters. The van der Waals surface area contributed by atoms with E-state index in [9.17, 15) is 19.1 Å². The lowest BCUT2D eigenvalue weighted by Gasteiger charge is -2.42. The van der Waals surface area contributed by atoms with Gasteiger partial charge in [0.2, 0.25) is 0 Å². The van der Waals surface area contributed by atoms with Crippen LogP contribution in [0.25, 0.3) is 22.1 Å². The van der Waals surface area contributed by atoms with E-state index in [1.54, 1.807) is 18.2 Å². The molecule has 0 radical (unpaired) electrons. The molecule has 1 saturated carbocycles. The Morgan fingerprint density at radius 3 is 2.57 bits per heavy atom. The fourth-order valence-corrected chi connectivity index (χ4v) is 7.21. The average molecular weight is 692 g/mol. The van der Waals surface area contributed by atoms with Crippen molar-refractivity contribution in [3.8, 4) is 16.9 Å². The summed E-state index contributed by atoms with van der Waals surface area (Å²) in [7, 11) is 0. The number of carbonyl (C=O) groups excluding carboxylic acids is 2. The summed E-state index contributed by atoms with van der Waals surface area (Å²) in [6.45, 7) is 9.35. The molecular weight excluding hydrogens is 649 g/mol. The van der Waals surface area contributed by atoms with Crippen LogP contribution < -0.4 is 10.2 Å². The van der Waals surface area contributed by atoms with Gasteiger partial charge in [-0.15, -0.1) is 0 Å². The second-order valence-corrected chi connectivity index (χ2v) is 13.4. The van der Waals surface area contributed by atoms with Gasteiger partial charge in [0.25, 0.3) is 5.91 Å². The van der Waals surface area contributed by atoms with Crippen molar-refractivity contribution in [1.82, 2.24) is 15.1 Å². The molecule has 264 valence electrons. The normalized spacial score (nSPS) is 21.6. The van der Waals surface area contributed by atoms with Gasteiger partial charge in [0.15, 0.2) is 5.84 Å². The van der Waals surface area contributed by atoms with E-state index in [4.69, 9.17) is 9.15 Å². The Labute approximate surface area is 296 Å². The topological polar surface area (TPSA) is 111 Å². The molecule has 3 amide bonds. The maximum Gasteiger partial charge on any atom is 0.337 e. The summed E-state index contributed by atoms with van der Waals surface area (Å²) < 4.78 is 25.5. The van der Waals surface area contributed by atoms with E-state index in [-0.39, 0.29) is 29.2 Å². The minimum atomic E-state index is -0.573. The van der Waals surface area contributed by atoms with Crippen molar-refractivity contribution in [1.29, 1.82) is 0 Å². The van der Waals surface area contributed by atoms with Crippen LogP contribution in [0.4, 0.5) is 14.9 Å². The van der Waals surface area contributed by atoms with Gasteiger partial charge in [0.05, 0.1) is 37.2 Å². The van der Waals surface area contributed by atoms with Crippen molar-refractivity contribution < 1.29 is 28.2 Å². The number of rotatable bonds is 9. The molecule has 7 rings (SSSR count). The van der Waals surface area contributed by atoms with Crippen LogP contribution in [0.3, 0.4) is 0 Å². The van der Waals surface area contributed by atoms with Crippen molar-refractivity contribution in [3.63, 3.8) is 0 Å². The van der Waals surface area contributed by atoms with Gasteiger partial charge in [-0.1, -0.05) is 43.0 Å². The standard InChI is InChI=1S/C40H42FN5O5/c1-26(41)23-43-38-27(2)39(48)46(32-12-10-31(11-13-32)42-24-35-22-29-6-3-4-9-37(29)51-35)40(49)45(38)33-8-5-7-28(20-33)36-15-14-34(47)21-30(36)25-44-16-18-50-19-17-44/h3-9,14-15,20-23,31-32,42,47H,2,10-13,16-19,24-25H2,1H3/b26-23+,43-38?. The second-order valence-electron chi connectivity index (χ2n) is 13.4. The van der Waals surface area contributed by atoms with Crippen LogP contribution in [0.1, 0.15) is 43.9 Å². The quantitative estimate of drug-likeness (QED) is 0.177. The van der Waals surface area contributed by atoms with Crippen LogP contribution in [0, 0.1) is 0 Å². The number of urea groups is 1. The zero-order chi connectivity index (χ0) is 35.5. The van der Waals surface area contributed by atoms with E-state index < -0.39 is 17.8 Å². The molecule has 2 N–H and O–H groups in total. The van der Waals surface area contributed by atoms with Gasteiger partial charge in [-0.05, 0) is 85.7 Å². The number of halogens is 1. The number of para-hydroxylation sites is 1. The highest BCUT2D eigenvalue weighted by Crippen LogP contribution is 2.35. The number of carbonyl (C=O) groups is 2. The van der Waals surface area contributed by atoms with E-state index in [2.05, 4.69) is 21.8 Å². The number of aliphatic imine (C=N–C) groups is 1. The first-order chi connectivity index (χ1) is 24.7. The Balaban J connectivity index is 1.13. The molecule has 4 aromatic rings. The van der Waals surface area contributed by atoms with Crippen LogP contribution in [-0.2, 0) is 22.6 Å². The molecule has 2 aliphatic heterocycles. The highest BCUT2D eigenvalue weighted by atomic mass is 19.1. The smallest absolute Gasteiger partial charge is 0.337 e. The number of phenols is 1. The molecule has 0 spiro atoms. The lowest BCUT2D eigenvalue weighted by Crippen LogP contribution is -2.60. The molecule has 3 aliphatic rings. The minimum Gasteiger partial charge on any atom is -0.508 e. The maximum absolute atomic E-state index is 14.5. The highest BCUT2D eigenvalue weighted by molar-refractivity contribution is 6.39. The second kappa shape index (κ2) is 15.0. The fourth-order valence-electron chi connectivity index (χ4n) is 7.21. The number of hydrogen-bond donors (Lipinski definition) is 2. The number of imide groups is 1. The number of hydrogen-bond acceptors (Lipinski definition) is 8. The van der Waals surface area contributed by atoms with E-state index in [0.717, 1.165) is 65.6 Å². The first-order valence-corrected chi connectivity index (χ1v) is 17.5. The lowest BCUT2D eigenvalue weighted by molar-refractivity contribution is -0.126. The molecule has 3 aromatic carbocycles. The van der Waals surface area contributed by atoms with Gasteiger partial charge in [0, 0.05) is 37.1 Å². The zero-order valence-corrected chi connectivity index (χ0v) is 28.7. The summed E-state index contributed by atoms with van der Waals surface area (Å²) >= 11 is 0. The first kappa shape index (κ1) is 34.4. The summed E-state index contributed by atoms with van der Waals surface area (Å²) in [5.74, 6) is -0.0931. The summed E-state index contributed by atoms with van der Waals surface area (Å²) in [4.78, 5) is 37.5. The molecule has 11 heteroatoms. The van der Waals surface area contributed by atoms with Crippen molar-refractivity contribution in [2.45, 2.75) is 57.8 Å². The molecule has 10 nitrogen and oxygen atoms in total. The van der Waals surface area contributed by atoms with Gasteiger partial charge >= 0.3 is 6.03 Å². The highest BCUT2D eigenvalue weighted by Gasteiger charge is 2.44. The van der Waals surface area contributed by atoms with Crippen LogP contribution in [-0.4, -0.2) is 71.1 Å². The lowest BCUT2D eigenvalue weighted by atomic mass is 9.89. The van der Waals surface area contributed by atoms with Gasteiger partial charge in [-0.3, -0.25) is 14.6 Å². The van der Waals surface area contributed by atoms with Crippen molar-refractivity contribution in [2.24, 2.45) is 4.99 Å². The van der Waals surface area contributed by atoms with Gasteiger partial charge in [-0.2, -0.15) is 0 Å². The largest absolute Gasteiger partial charge is 0.508 e. The third-order valence-corrected chi connectivity index (χ3v) is 9.83. The summed E-state index contributed by atoms with van der Waals surface area (Å²) in [5.41, 5.74) is 3.96. The molecule has 0 bridgehead atoms. The number of anilines is 1. The van der Waals surface area contributed by atoms with Crippen LogP contribution in [0.15, 0.2) is 106 Å². The number of phenolic OH excluding ortho intramolecular Hbond substituents is 1. The average Bonchev–Trinajstić information content (AvgIpc) is 3.56. The summed E-state index contributed by atoms with van der Waals surface area (Å²) in [6.07, 6.45) is 3.76. The number of allylic oxidation sites excluding steroid dienone is 1. The number of ether oxygens (including phenoxy) is 1. The molecule has 3 heterocycles. The number of furan rings is 1. The number of amidine groups is 1. The van der Waals surface area contributed by atoms with Crippen molar-refractivity contribution >= 4 is 34.4 Å². The number of benzene rings is 3. The van der Waals surface area contributed by atoms with Crippen molar-refractivity contribution in [3.05, 3.63) is 108 Å².